The maximum Gasteiger partial charge on any atom is 0.306 e. The van der Waals surface area contributed by atoms with Crippen LogP contribution in [0.25, 0.3) is 0 Å². The first kappa shape index (κ1) is 10.8. The van der Waals surface area contributed by atoms with Gasteiger partial charge in [-0.05, 0) is 13.0 Å². The summed E-state index contributed by atoms with van der Waals surface area (Å²) in [5, 5.41) is 9.28. The van der Waals surface area contributed by atoms with Crippen molar-refractivity contribution in [3.63, 3.8) is 0 Å². The summed E-state index contributed by atoms with van der Waals surface area (Å²) in [5.74, 6) is 0.663. The van der Waals surface area contributed by atoms with Crippen molar-refractivity contribution >= 4 is 5.97 Å². The highest BCUT2D eigenvalue weighted by atomic mass is 16.5. The average Bonchev–Trinajstić information content (AvgIpc) is 2.61. The smallest absolute Gasteiger partial charge is 0.306 e. The first-order valence-electron chi connectivity index (χ1n) is 5.32. The fourth-order valence-electron chi connectivity index (χ4n) is 1.86. The fraction of sp³-hybridized carbons (Fsp3) is 0.417. The lowest BCUT2D eigenvalue weighted by molar-refractivity contribution is -0.143. The van der Waals surface area contributed by atoms with Crippen LogP contribution in [0.2, 0.25) is 0 Å². The highest BCUT2D eigenvalue weighted by Gasteiger charge is 2.26. The third kappa shape index (κ3) is 2.10. The van der Waals surface area contributed by atoms with Crippen molar-refractivity contribution in [3.8, 4) is 11.5 Å². The van der Waals surface area contributed by atoms with Crippen molar-refractivity contribution in [3.05, 3.63) is 23.8 Å². The molecule has 86 valence electrons. The van der Waals surface area contributed by atoms with Crippen LogP contribution < -0.4 is 4.74 Å². The van der Waals surface area contributed by atoms with Crippen LogP contribution in [-0.2, 0) is 9.53 Å². The van der Waals surface area contributed by atoms with Gasteiger partial charge in [0.15, 0.2) is 0 Å². The number of hydrogen-bond acceptors (Lipinski definition) is 4. The molecular weight excluding hydrogens is 208 g/mol. The lowest BCUT2D eigenvalue weighted by Crippen LogP contribution is -2.11. The molecule has 0 amide bonds. The molecule has 16 heavy (non-hydrogen) atoms. The topological polar surface area (TPSA) is 55.8 Å². The largest absolute Gasteiger partial charge is 0.508 e. The maximum absolute atomic E-state index is 11.3. The van der Waals surface area contributed by atoms with E-state index in [4.69, 9.17) is 9.47 Å². The zero-order valence-corrected chi connectivity index (χ0v) is 9.10. The Morgan fingerprint density at radius 2 is 2.44 bits per heavy atom. The van der Waals surface area contributed by atoms with E-state index in [-0.39, 0.29) is 17.6 Å². The van der Waals surface area contributed by atoms with E-state index in [1.165, 1.54) is 0 Å². The quantitative estimate of drug-likeness (QED) is 0.792. The Kier molecular flexibility index (Phi) is 2.99. The van der Waals surface area contributed by atoms with E-state index >= 15 is 0 Å². The monoisotopic (exact) mass is 222 g/mol. The Morgan fingerprint density at radius 1 is 1.62 bits per heavy atom. The molecule has 4 nitrogen and oxygen atoms in total. The summed E-state index contributed by atoms with van der Waals surface area (Å²) in [6.45, 7) is 2.65. The van der Waals surface area contributed by atoms with Crippen molar-refractivity contribution in [1.82, 2.24) is 0 Å². The Hall–Kier alpha value is -1.71. The molecule has 1 aliphatic rings. The third-order valence-electron chi connectivity index (χ3n) is 2.60. The third-order valence-corrected chi connectivity index (χ3v) is 2.60. The lowest BCUT2D eigenvalue weighted by atomic mass is 9.98. The van der Waals surface area contributed by atoms with Crippen LogP contribution in [-0.4, -0.2) is 24.3 Å². The first-order valence-corrected chi connectivity index (χ1v) is 5.32. The summed E-state index contributed by atoms with van der Waals surface area (Å²) in [4.78, 5) is 11.3. The van der Waals surface area contributed by atoms with Gasteiger partial charge in [-0.15, -0.1) is 0 Å². The van der Waals surface area contributed by atoms with E-state index in [2.05, 4.69) is 0 Å². The molecule has 0 radical (unpaired) electrons. The molecule has 0 saturated heterocycles. The van der Waals surface area contributed by atoms with Crippen LogP contribution in [0.3, 0.4) is 0 Å². The highest BCUT2D eigenvalue weighted by Crippen LogP contribution is 2.37. The molecule has 1 aromatic carbocycles. The number of phenolic OH excluding ortho intramolecular Hbond substituents is 1. The summed E-state index contributed by atoms with van der Waals surface area (Å²) in [6.07, 6.45) is 0.325. The second-order valence-electron chi connectivity index (χ2n) is 3.74. The summed E-state index contributed by atoms with van der Waals surface area (Å²) < 4.78 is 10.3. The number of fused-ring (bicyclic) bond motifs is 1. The number of benzene rings is 1. The van der Waals surface area contributed by atoms with E-state index in [1.807, 2.05) is 0 Å². The molecular formula is C12H14O4. The molecule has 4 heteroatoms. The number of ether oxygens (including phenoxy) is 2. The molecule has 0 fully saturated rings. The molecule has 0 bridgehead atoms. The van der Waals surface area contributed by atoms with Gasteiger partial charge >= 0.3 is 5.97 Å². The minimum Gasteiger partial charge on any atom is -0.508 e. The van der Waals surface area contributed by atoms with Gasteiger partial charge in [0.25, 0.3) is 0 Å². The van der Waals surface area contributed by atoms with E-state index in [0.29, 0.717) is 25.4 Å². The molecule has 0 aromatic heterocycles. The van der Waals surface area contributed by atoms with Crippen LogP contribution in [0.5, 0.6) is 11.5 Å². The van der Waals surface area contributed by atoms with Crippen molar-refractivity contribution in [2.24, 2.45) is 0 Å². The molecule has 0 aliphatic carbocycles. The van der Waals surface area contributed by atoms with Crippen LogP contribution in [0.1, 0.15) is 24.8 Å². The van der Waals surface area contributed by atoms with Crippen molar-refractivity contribution in [2.45, 2.75) is 19.3 Å². The highest BCUT2D eigenvalue weighted by molar-refractivity contribution is 5.71. The van der Waals surface area contributed by atoms with Gasteiger partial charge in [0, 0.05) is 17.5 Å². The minimum atomic E-state index is -0.211. The number of rotatable bonds is 3. The molecule has 1 aromatic rings. The SMILES string of the molecule is CCOC(=O)CC1COc2cc(O)ccc21. The van der Waals surface area contributed by atoms with E-state index in [1.54, 1.807) is 25.1 Å². The molecule has 1 aliphatic heterocycles. The summed E-state index contributed by atoms with van der Waals surface area (Å²) in [6, 6.07) is 4.97. The number of phenols is 1. The van der Waals surface area contributed by atoms with Gasteiger partial charge in [-0.3, -0.25) is 4.79 Å². The number of hydrogen-bond donors (Lipinski definition) is 1. The second-order valence-corrected chi connectivity index (χ2v) is 3.74. The Labute approximate surface area is 93.8 Å². The van der Waals surface area contributed by atoms with E-state index in [9.17, 15) is 9.90 Å². The molecule has 2 rings (SSSR count). The second kappa shape index (κ2) is 4.43. The first-order chi connectivity index (χ1) is 7.70. The lowest BCUT2D eigenvalue weighted by Gasteiger charge is -2.07. The molecule has 1 unspecified atom stereocenters. The van der Waals surface area contributed by atoms with Gasteiger partial charge in [0.1, 0.15) is 11.5 Å². The van der Waals surface area contributed by atoms with Crippen LogP contribution >= 0.6 is 0 Å². The summed E-state index contributed by atoms with van der Waals surface area (Å²) >= 11 is 0. The van der Waals surface area contributed by atoms with Crippen molar-refractivity contribution < 1.29 is 19.4 Å². The zero-order chi connectivity index (χ0) is 11.5. The van der Waals surface area contributed by atoms with Crippen LogP contribution in [0.4, 0.5) is 0 Å². The van der Waals surface area contributed by atoms with E-state index < -0.39 is 0 Å². The number of carbonyl (C=O) groups is 1. The molecule has 0 saturated carbocycles. The fourth-order valence-corrected chi connectivity index (χ4v) is 1.86. The Bertz CT molecular complexity index is 400. The van der Waals surface area contributed by atoms with Gasteiger partial charge in [-0.25, -0.2) is 0 Å². The molecule has 1 heterocycles. The van der Waals surface area contributed by atoms with Crippen molar-refractivity contribution in [1.29, 1.82) is 0 Å². The van der Waals surface area contributed by atoms with Gasteiger partial charge in [0.2, 0.25) is 0 Å². The number of carbonyl (C=O) groups excluding carboxylic acids is 1. The van der Waals surface area contributed by atoms with Crippen LogP contribution in [0.15, 0.2) is 18.2 Å². The number of aromatic hydroxyl groups is 1. The summed E-state index contributed by atoms with van der Waals surface area (Å²) in [7, 11) is 0. The average molecular weight is 222 g/mol. The normalized spacial score (nSPS) is 17.7. The predicted molar refractivity (Wildman–Crippen MR) is 57.6 cm³/mol. The predicted octanol–water partition coefficient (Wildman–Crippen LogP) is 1.82. The van der Waals surface area contributed by atoms with Gasteiger partial charge < -0.3 is 14.6 Å². The maximum atomic E-state index is 11.3. The molecule has 1 atom stereocenters. The Morgan fingerprint density at radius 3 is 3.19 bits per heavy atom. The van der Waals surface area contributed by atoms with Gasteiger partial charge in [-0.2, -0.15) is 0 Å². The molecule has 0 spiro atoms. The van der Waals surface area contributed by atoms with Crippen LogP contribution in [0, 0.1) is 0 Å². The van der Waals surface area contributed by atoms with E-state index in [0.717, 1.165) is 5.56 Å². The van der Waals surface area contributed by atoms with Crippen molar-refractivity contribution in [2.75, 3.05) is 13.2 Å². The van der Waals surface area contributed by atoms with Gasteiger partial charge in [0.05, 0.1) is 19.6 Å². The summed E-state index contributed by atoms with van der Waals surface area (Å²) in [5.41, 5.74) is 0.964. The van der Waals surface area contributed by atoms with Gasteiger partial charge in [-0.1, -0.05) is 6.07 Å². The Balaban J connectivity index is 2.09. The number of esters is 1. The standard InChI is InChI=1S/C12H14O4/c1-2-15-12(14)5-8-7-16-11-6-9(13)3-4-10(8)11/h3-4,6,8,13H,2,5,7H2,1H3. The minimum absolute atomic E-state index is 0.0367. The molecule has 1 N–H and O–H groups in total. The zero-order valence-electron chi connectivity index (χ0n) is 9.10.